The van der Waals surface area contributed by atoms with Crippen LogP contribution in [-0.4, -0.2) is 24.4 Å². The van der Waals surface area contributed by atoms with Crippen LogP contribution >= 0.6 is 0 Å². The van der Waals surface area contributed by atoms with E-state index in [0.717, 1.165) is 17.9 Å². The molecule has 0 spiro atoms. The predicted octanol–water partition coefficient (Wildman–Crippen LogP) is 2.69. The van der Waals surface area contributed by atoms with Gasteiger partial charge < -0.3 is 0 Å². The molecule has 2 unspecified atom stereocenters. The molecule has 0 aromatic carbocycles. The summed E-state index contributed by atoms with van der Waals surface area (Å²) < 4.78 is 2.18. The Morgan fingerprint density at radius 1 is 0.923 bits per heavy atom. The van der Waals surface area contributed by atoms with Crippen LogP contribution in [0.2, 0.25) is 0 Å². The van der Waals surface area contributed by atoms with E-state index in [9.17, 15) is 0 Å². The topological polar surface area (TPSA) is 3.01 Å². The first kappa shape index (κ1) is 9.23. The molecule has 0 bridgehead atoms. The van der Waals surface area contributed by atoms with Gasteiger partial charge in [0.2, 0.25) is 0 Å². The van der Waals surface area contributed by atoms with E-state index < -0.39 is 0 Å². The zero-order chi connectivity index (χ0) is 9.26. The van der Waals surface area contributed by atoms with Gasteiger partial charge in [0, 0.05) is 12.8 Å². The van der Waals surface area contributed by atoms with Crippen molar-refractivity contribution in [1.29, 1.82) is 0 Å². The lowest BCUT2D eigenvalue weighted by atomic mass is 9.92. The van der Waals surface area contributed by atoms with E-state index in [4.69, 9.17) is 0 Å². The zero-order valence-corrected chi connectivity index (χ0v) is 8.84. The summed E-state index contributed by atoms with van der Waals surface area (Å²) in [4.78, 5) is 0. The Hall–Kier alpha value is -0.330. The Labute approximate surface area is 81.8 Å². The maximum absolute atomic E-state index is 4.03. The van der Waals surface area contributed by atoms with Crippen LogP contribution in [0.3, 0.4) is 0 Å². The Morgan fingerprint density at radius 3 is 1.92 bits per heavy atom. The largest absolute Gasteiger partial charge is 0.242 e. The normalized spacial score (nSPS) is 39.6. The number of fused-ring (bicyclic) bond motifs is 1. The standard InChI is InChI=1S/C12H22N/c1-13(2)12-8-6-10-4-3-5-11(10)7-9-12/h10-12H,1,3-9H2,2H3/q+1. The highest BCUT2D eigenvalue weighted by Crippen LogP contribution is 2.41. The quantitative estimate of drug-likeness (QED) is 0.431. The second-order valence-electron chi connectivity index (χ2n) is 5.02. The molecule has 2 atom stereocenters. The highest BCUT2D eigenvalue weighted by atomic mass is 15.0. The van der Waals surface area contributed by atoms with Gasteiger partial charge in [0.25, 0.3) is 0 Å². The van der Waals surface area contributed by atoms with E-state index >= 15 is 0 Å². The second-order valence-corrected chi connectivity index (χ2v) is 5.02. The third kappa shape index (κ3) is 1.95. The number of hydrogen-bond acceptors (Lipinski definition) is 0. The molecule has 0 aliphatic heterocycles. The van der Waals surface area contributed by atoms with Crippen LogP contribution in [0.25, 0.3) is 0 Å². The second kappa shape index (κ2) is 3.81. The maximum atomic E-state index is 4.03. The van der Waals surface area contributed by atoms with Crippen molar-refractivity contribution in [3.8, 4) is 0 Å². The third-order valence-corrected chi connectivity index (χ3v) is 4.18. The number of nitrogens with zero attached hydrogens (tertiary/aromatic N) is 1. The lowest BCUT2D eigenvalue weighted by Gasteiger charge is -2.13. The molecule has 0 amide bonds. The summed E-state index contributed by atoms with van der Waals surface area (Å²) in [6.07, 6.45) is 10.2. The molecule has 1 nitrogen and oxygen atoms in total. The summed E-state index contributed by atoms with van der Waals surface area (Å²) in [5.41, 5.74) is 0. The summed E-state index contributed by atoms with van der Waals surface area (Å²) in [7, 11) is 2.13. The molecule has 13 heavy (non-hydrogen) atoms. The Balaban J connectivity index is 1.95. The molecule has 0 heterocycles. The van der Waals surface area contributed by atoms with Crippen LogP contribution in [0.1, 0.15) is 44.9 Å². The average Bonchev–Trinajstić information content (AvgIpc) is 2.44. The predicted molar refractivity (Wildman–Crippen MR) is 56.4 cm³/mol. The molecule has 2 aliphatic carbocycles. The summed E-state index contributed by atoms with van der Waals surface area (Å²) in [5.74, 6) is 2.15. The van der Waals surface area contributed by atoms with Crippen LogP contribution in [0, 0.1) is 11.8 Å². The molecule has 2 saturated carbocycles. The highest BCUT2D eigenvalue weighted by molar-refractivity contribution is 5.14. The van der Waals surface area contributed by atoms with Crippen molar-refractivity contribution in [3.05, 3.63) is 0 Å². The Kier molecular flexibility index (Phi) is 2.71. The van der Waals surface area contributed by atoms with Crippen LogP contribution in [0.5, 0.6) is 0 Å². The molecule has 0 aromatic rings. The maximum Gasteiger partial charge on any atom is 0.151 e. The first-order chi connectivity index (χ1) is 6.27. The van der Waals surface area contributed by atoms with Gasteiger partial charge in [-0.15, -0.1) is 0 Å². The zero-order valence-electron chi connectivity index (χ0n) is 8.84. The fourth-order valence-corrected chi connectivity index (χ4v) is 3.27. The smallest absolute Gasteiger partial charge is 0.151 e. The summed E-state index contributed by atoms with van der Waals surface area (Å²) in [6, 6.07) is 0.769. The van der Waals surface area contributed by atoms with Crippen molar-refractivity contribution in [1.82, 2.24) is 0 Å². The van der Waals surface area contributed by atoms with Crippen molar-refractivity contribution in [2.75, 3.05) is 7.05 Å². The van der Waals surface area contributed by atoms with E-state index in [2.05, 4.69) is 18.3 Å². The van der Waals surface area contributed by atoms with Gasteiger partial charge >= 0.3 is 0 Å². The van der Waals surface area contributed by atoms with Crippen molar-refractivity contribution in [3.63, 3.8) is 0 Å². The van der Waals surface area contributed by atoms with Gasteiger partial charge in [-0.05, 0) is 24.7 Å². The lowest BCUT2D eigenvalue weighted by Crippen LogP contribution is -2.20. The minimum absolute atomic E-state index is 0.769. The SMILES string of the molecule is C=[N+](C)C1CCC2CCCC2CC1. The number of rotatable bonds is 1. The molecule has 0 N–H and O–H groups in total. The first-order valence-corrected chi connectivity index (χ1v) is 5.80. The van der Waals surface area contributed by atoms with Crippen LogP contribution in [0.4, 0.5) is 0 Å². The van der Waals surface area contributed by atoms with E-state index in [0.29, 0.717) is 0 Å². The summed E-state index contributed by atoms with van der Waals surface area (Å²) in [6.45, 7) is 4.03. The van der Waals surface area contributed by atoms with Crippen LogP contribution in [0.15, 0.2) is 0 Å². The van der Waals surface area contributed by atoms with E-state index in [1.54, 1.807) is 0 Å². The molecule has 0 radical (unpaired) electrons. The molecule has 2 rings (SSSR count). The van der Waals surface area contributed by atoms with Gasteiger partial charge in [0.05, 0.1) is 0 Å². The van der Waals surface area contributed by atoms with Gasteiger partial charge in [-0.2, -0.15) is 0 Å². The number of hydrogen-bond donors (Lipinski definition) is 0. The Bertz CT molecular complexity index is 183. The van der Waals surface area contributed by atoms with Gasteiger partial charge in [-0.1, -0.05) is 19.3 Å². The van der Waals surface area contributed by atoms with Crippen molar-refractivity contribution in [2.45, 2.75) is 51.0 Å². The van der Waals surface area contributed by atoms with E-state index in [1.807, 2.05) is 0 Å². The molecular formula is C12H22N+. The molecular weight excluding hydrogens is 158 g/mol. The Morgan fingerprint density at radius 2 is 1.46 bits per heavy atom. The van der Waals surface area contributed by atoms with Crippen molar-refractivity contribution >= 4 is 6.72 Å². The van der Waals surface area contributed by atoms with Crippen LogP contribution in [-0.2, 0) is 0 Å². The molecule has 1 heteroatoms. The van der Waals surface area contributed by atoms with E-state index in [1.165, 1.54) is 44.9 Å². The minimum Gasteiger partial charge on any atom is -0.242 e. The van der Waals surface area contributed by atoms with Crippen molar-refractivity contribution in [2.24, 2.45) is 11.8 Å². The minimum atomic E-state index is 0.769. The van der Waals surface area contributed by atoms with Crippen LogP contribution < -0.4 is 0 Å². The average molecular weight is 180 g/mol. The molecule has 74 valence electrons. The van der Waals surface area contributed by atoms with Gasteiger partial charge in [0.15, 0.2) is 6.04 Å². The lowest BCUT2D eigenvalue weighted by molar-refractivity contribution is -0.531. The first-order valence-electron chi connectivity index (χ1n) is 5.80. The van der Waals surface area contributed by atoms with E-state index in [-0.39, 0.29) is 0 Å². The molecule has 2 fully saturated rings. The molecule has 0 aromatic heterocycles. The molecule has 0 saturated heterocycles. The summed E-state index contributed by atoms with van der Waals surface area (Å²) >= 11 is 0. The fraction of sp³-hybridized carbons (Fsp3) is 0.917. The monoisotopic (exact) mass is 180 g/mol. The van der Waals surface area contributed by atoms with Crippen molar-refractivity contribution < 1.29 is 4.58 Å². The van der Waals surface area contributed by atoms with Gasteiger partial charge in [-0.25, -0.2) is 4.58 Å². The fourth-order valence-electron chi connectivity index (χ4n) is 3.27. The molecule has 2 aliphatic rings. The third-order valence-electron chi connectivity index (χ3n) is 4.18. The highest BCUT2D eigenvalue weighted by Gasteiger charge is 2.32. The van der Waals surface area contributed by atoms with Gasteiger partial charge in [-0.3, -0.25) is 0 Å². The summed E-state index contributed by atoms with van der Waals surface area (Å²) in [5, 5.41) is 0. The van der Waals surface area contributed by atoms with Gasteiger partial charge in [0.1, 0.15) is 13.8 Å².